The first-order valence-corrected chi connectivity index (χ1v) is 21.6. The highest BCUT2D eigenvalue weighted by atomic mass is 32.1. The molecular formula is C43H51N9O6S2. The molecular weight excluding hydrogens is 803 g/mol. The highest BCUT2D eigenvalue weighted by Crippen LogP contribution is 2.32. The van der Waals surface area contributed by atoms with Gasteiger partial charge in [0.2, 0.25) is 5.91 Å². The standard InChI is InChI=1S/C24H26N4O4S.C19H25N5O2S/c1-16-5-10-20(21(13-16)28-11-3-2-4-12-28)26-23(31)27-24-25-14-19(33-24)15-32-18-8-6-17(7-9-18)22(29)30;1-13-6-7-16(17(10-13)24-8-4-3-5-9-24)22-18(26)23-19-21-12-15(27-19)11-20-14(2)25/h5-10,13-14H,2-4,11-12,15H2,1H3,(H,29,30)(H2,25,26,27,31);6-7,10,12H,3-5,8-9,11H2,1-2H3,(H,20,25)(H2,21,22,23,26). The SMILES string of the molecule is CC(=O)NCc1cnc(NC(=O)Nc2ccc(C)cc2N2CCCCC2)s1.Cc1ccc(NC(=O)Nc2ncc(COc3ccc(C(=O)O)cc3)s2)c(N2CCCCC2)c1. The van der Waals surface area contributed by atoms with E-state index in [1.54, 1.807) is 24.5 Å². The second-order valence-electron chi connectivity index (χ2n) is 14.6. The van der Waals surface area contributed by atoms with Crippen molar-refractivity contribution in [3.8, 4) is 5.75 Å². The Morgan fingerprint density at radius 2 is 1.15 bits per heavy atom. The predicted octanol–water partition coefficient (Wildman–Crippen LogP) is 9.08. The molecule has 7 rings (SSSR count). The van der Waals surface area contributed by atoms with Crippen molar-refractivity contribution >= 4 is 79.6 Å². The van der Waals surface area contributed by atoms with Crippen LogP contribution in [0.3, 0.4) is 0 Å². The molecule has 15 nitrogen and oxygen atoms in total. The Hall–Kier alpha value is -6.20. The van der Waals surface area contributed by atoms with Gasteiger partial charge in [-0.05, 0) is 112 Å². The number of thiazole rings is 2. The number of rotatable bonds is 12. The van der Waals surface area contributed by atoms with E-state index in [1.165, 1.54) is 73.0 Å². The highest BCUT2D eigenvalue weighted by molar-refractivity contribution is 7.16. The number of anilines is 6. The third-order valence-electron chi connectivity index (χ3n) is 9.74. The number of nitrogens with one attached hydrogen (secondary N) is 5. The molecule has 0 spiro atoms. The molecule has 0 unspecified atom stereocenters. The topological polar surface area (TPSA) is 190 Å². The van der Waals surface area contributed by atoms with Crippen LogP contribution in [-0.2, 0) is 17.9 Å². The Morgan fingerprint density at radius 1 is 0.667 bits per heavy atom. The lowest BCUT2D eigenvalue weighted by atomic mass is 10.1. The second kappa shape index (κ2) is 21.2. The van der Waals surface area contributed by atoms with Gasteiger partial charge in [0, 0.05) is 50.4 Å². The van der Waals surface area contributed by atoms with E-state index < -0.39 is 5.97 Å². The molecule has 4 heterocycles. The molecule has 3 aromatic carbocycles. The van der Waals surface area contributed by atoms with E-state index in [0.717, 1.165) is 77.1 Å². The van der Waals surface area contributed by atoms with Crippen molar-refractivity contribution < 1.29 is 29.0 Å². The summed E-state index contributed by atoms with van der Waals surface area (Å²) < 4.78 is 5.68. The Bertz CT molecular complexity index is 2250. The number of nitrogens with zero attached hydrogens (tertiary/aromatic N) is 4. The maximum absolute atomic E-state index is 12.6. The van der Waals surface area contributed by atoms with Crippen molar-refractivity contribution in [2.75, 3.05) is 57.2 Å². The number of aromatic carboxylic acids is 1. The van der Waals surface area contributed by atoms with Crippen LogP contribution in [0.4, 0.5) is 42.6 Å². The predicted molar refractivity (Wildman–Crippen MR) is 239 cm³/mol. The van der Waals surface area contributed by atoms with E-state index in [2.05, 4.69) is 72.3 Å². The Kier molecular flexibility index (Phi) is 15.3. The molecule has 2 aliphatic heterocycles. The van der Waals surface area contributed by atoms with Crippen LogP contribution in [0.25, 0.3) is 0 Å². The quantitative estimate of drug-likeness (QED) is 0.0706. The van der Waals surface area contributed by atoms with Crippen molar-refractivity contribution in [2.24, 2.45) is 0 Å². The van der Waals surface area contributed by atoms with E-state index in [0.29, 0.717) is 22.6 Å². The summed E-state index contributed by atoms with van der Waals surface area (Å²) in [4.78, 5) is 61.8. The van der Waals surface area contributed by atoms with Crippen molar-refractivity contribution in [3.05, 3.63) is 99.5 Å². The zero-order valence-corrected chi connectivity index (χ0v) is 35.6. The monoisotopic (exact) mass is 853 g/mol. The molecule has 6 N–H and O–H groups in total. The number of piperidine rings is 2. The van der Waals surface area contributed by atoms with Crippen LogP contribution >= 0.6 is 22.7 Å². The second-order valence-corrected chi connectivity index (χ2v) is 16.8. The molecule has 0 aliphatic carbocycles. The lowest BCUT2D eigenvalue weighted by Crippen LogP contribution is -2.31. The van der Waals surface area contributed by atoms with Gasteiger partial charge in [0.15, 0.2) is 10.3 Å². The van der Waals surface area contributed by atoms with Crippen LogP contribution in [0.2, 0.25) is 0 Å². The fraction of sp³-hybridized carbons (Fsp3) is 0.349. The lowest BCUT2D eigenvalue weighted by molar-refractivity contribution is -0.119. The summed E-state index contributed by atoms with van der Waals surface area (Å²) in [6, 6.07) is 17.6. The van der Waals surface area contributed by atoms with Crippen LogP contribution < -0.4 is 41.1 Å². The zero-order chi connectivity index (χ0) is 42.4. The third kappa shape index (κ3) is 12.9. The largest absolute Gasteiger partial charge is 0.488 e. The first-order chi connectivity index (χ1) is 29.0. The van der Waals surface area contributed by atoms with Crippen molar-refractivity contribution in [3.63, 3.8) is 0 Å². The molecule has 0 saturated carbocycles. The first-order valence-electron chi connectivity index (χ1n) is 20.0. The molecule has 5 aromatic rings. The number of aryl methyl sites for hydroxylation is 2. The van der Waals surface area contributed by atoms with Gasteiger partial charge in [0.05, 0.1) is 39.7 Å². The number of carboxylic acids is 1. The van der Waals surface area contributed by atoms with Gasteiger partial charge in [-0.15, -0.1) is 0 Å². The highest BCUT2D eigenvalue weighted by Gasteiger charge is 2.19. The summed E-state index contributed by atoms with van der Waals surface area (Å²) in [5, 5.41) is 24.1. The third-order valence-corrected chi connectivity index (χ3v) is 11.5. The summed E-state index contributed by atoms with van der Waals surface area (Å²) in [6.45, 7) is 10.3. The molecule has 0 radical (unpaired) electrons. The number of carbonyl (C=O) groups excluding carboxylic acids is 3. The molecule has 2 saturated heterocycles. The van der Waals surface area contributed by atoms with Gasteiger partial charge in [-0.1, -0.05) is 34.8 Å². The first kappa shape index (κ1) is 43.4. The number of urea groups is 2. The van der Waals surface area contributed by atoms with E-state index >= 15 is 0 Å². The number of carboxylic acid groups (broad SMARTS) is 1. The summed E-state index contributed by atoms with van der Waals surface area (Å²) >= 11 is 2.66. The van der Waals surface area contributed by atoms with Crippen LogP contribution in [0, 0.1) is 13.8 Å². The maximum Gasteiger partial charge on any atom is 0.335 e. The van der Waals surface area contributed by atoms with E-state index in [9.17, 15) is 19.2 Å². The smallest absolute Gasteiger partial charge is 0.335 e. The summed E-state index contributed by atoms with van der Waals surface area (Å²) in [5.41, 5.74) is 6.23. The minimum Gasteiger partial charge on any atom is -0.488 e. The number of carbonyl (C=O) groups is 4. The normalized spacial score (nSPS) is 13.7. The Balaban J connectivity index is 0.000000205. The average molecular weight is 854 g/mol. The molecule has 2 aromatic heterocycles. The molecule has 17 heteroatoms. The summed E-state index contributed by atoms with van der Waals surface area (Å²) in [7, 11) is 0. The number of benzene rings is 3. The van der Waals surface area contributed by atoms with Crippen LogP contribution in [0.5, 0.6) is 5.75 Å². The van der Waals surface area contributed by atoms with Gasteiger partial charge in [0.25, 0.3) is 0 Å². The molecule has 2 fully saturated rings. The minimum absolute atomic E-state index is 0.0970. The van der Waals surface area contributed by atoms with Gasteiger partial charge in [0.1, 0.15) is 12.4 Å². The minimum atomic E-state index is -0.980. The van der Waals surface area contributed by atoms with Crippen molar-refractivity contribution in [2.45, 2.75) is 72.4 Å². The molecule has 60 heavy (non-hydrogen) atoms. The van der Waals surface area contributed by atoms with Gasteiger partial charge in [-0.3, -0.25) is 15.4 Å². The summed E-state index contributed by atoms with van der Waals surface area (Å²) in [5.74, 6) is -0.516. The van der Waals surface area contributed by atoms with Crippen molar-refractivity contribution in [1.29, 1.82) is 0 Å². The van der Waals surface area contributed by atoms with Crippen LogP contribution in [0.15, 0.2) is 73.1 Å². The number of hydrogen-bond donors (Lipinski definition) is 6. The average Bonchev–Trinajstić information content (AvgIpc) is 3.90. The number of aromatic nitrogens is 2. The molecule has 0 bridgehead atoms. The van der Waals surface area contributed by atoms with Crippen molar-refractivity contribution in [1.82, 2.24) is 15.3 Å². The van der Waals surface area contributed by atoms with Gasteiger partial charge < -0.3 is 35.6 Å². The van der Waals surface area contributed by atoms with Gasteiger partial charge >= 0.3 is 18.0 Å². The molecule has 316 valence electrons. The van der Waals surface area contributed by atoms with Gasteiger partial charge in [-0.2, -0.15) is 0 Å². The Labute approximate surface area is 357 Å². The molecule has 0 atom stereocenters. The summed E-state index contributed by atoms with van der Waals surface area (Å²) in [6.07, 6.45) is 10.5. The fourth-order valence-electron chi connectivity index (χ4n) is 6.73. The number of hydrogen-bond acceptors (Lipinski definition) is 11. The van der Waals surface area contributed by atoms with E-state index in [-0.39, 0.29) is 30.1 Å². The lowest BCUT2D eigenvalue weighted by Gasteiger charge is -2.30. The number of amides is 5. The molecule has 2 aliphatic rings. The van der Waals surface area contributed by atoms with E-state index in [4.69, 9.17) is 9.84 Å². The number of ether oxygens (including phenoxy) is 1. The Morgan fingerprint density at radius 3 is 1.63 bits per heavy atom. The molecule has 5 amide bonds. The van der Waals surface area contributed by atoms with Crippen LogP contribution in [-0.4, -0.2) is 65.2 Å². The van der Waals surface area contributed by atoms with E-state index in [1.807, 2.05) is 24.3 Å². The zero-order valence-electron chi connectivity index (χ0n) is 34.0. The maximum atomic E-state index is 12.6. The van der Waals surface area contributed by atoms with Gasteiger partial charge in [-0.25, -0.2) is 24.4 Å². The fourth-order valence-corrected chi connectivity index (χ4v) is 8.20. The van der Waals surface area contributed by atoms with Crippen LogP contribution in [0.1, 0.15) is 76.7 Å².